The Kier molecular flexibility index (Phi) is 3.93. The van der Waals surface area contributed by atoms with E-state index in [9.17, 15) is 33.7 Å². The van der Waals surface area contributed by atoms with E-state index in [0.717, 1.165) is 6.92 Å². The maximum absolute atomic E-state index is 14.6. The lowest BCUT2D eigenvalue weighted by molar-refractivity contribution is -0.152. The number of fused-ring (bicyclic) bond motifs is 1. The highest BCUT2D eigenvalue weighted by Gasteiger charge is 2.94. The van der Waals surface area contributed by atoms with Crippen molar-refractivity contribution in [2.24, 2.45) is 11.8 Å². The van der Waals surface area contributed by atoms with Crippen molar-refractivity contribution in [3.8, 4) is 0 Å². The molecule has 22 heavy (non-hydrogen) atoms. The summed E-state index contributed by atoms with van der Waals surface area (Å²) < 4.78 is 29.0. The first-order valence-electron chi connectivity index (χ1n) is 6.58. The van der Waals surface area contributed by atoms with Crippen LogP contribution >= 0.6 is 0 Å². The molecule has 2 aliphatic carbocycles. The molecule has 8 nitrogen and oxygen atoms in total. The van der Waals surface area contributed by atoms with E-state index < -0.39 is 66.0 Å². The number of carboxylic acid groups (broad SMARTS) is 1. The molecule has 0 aromatic heterocycles. The Labute approximate surface area is 123 Å². The minimum Gasteiger partial charge on any atom is -0.479 e. The third-order valence-corrected chi connectivity index (χ3v) is 4.58. The van der Waals surface area contributed by atoms with Crippen molar-refractivity contribution < 1.29 is 43.9 Å². The fourth-order valence-corrected chi connectivity index (χ4v) is 3.56. The molecule has 0 heterocycles. The van der Waals surface area contributed by atoms with E-state index in [1.54, 1.807) is 0 Å². The Balaban J connectivity index is 2.41. The van der Waals surface area contributed by atoms with Gasteiger partial charge in [0.25, 0.3) is 0 Å². The van der Waals surface area contributed by atoms with Crippen LogP contribution in [0.1, 0.15) is 6.92 Å². The van der Waals surface area contributed by atoms with Gasteiger partial charge < -0.3 is 30.8 Å². The summed E-state index contributed by atoms with van der Waals surface area (Å²) >= 11 is 0. The molecule has 0 aromatic carbocycles. The van der Waals surface area contributed by atoms with Gasteiger partial charge in [0.1, 0.15) is 12.2 Å². The zero-order chi connectivity index (χ0) is 17.0. The van der Waals surface area contributed by atoms with E-state index in [1.807, 2.05) is 0 Å². The molecule has 6 N–H and O–H groups in total. The molecule has 0 aliphatic heterocycles. The number of rotatable bonds is 5. The van der Waals surface area contributed by atoms with E-state index in [1.165, 1.54) is 0 Å². The highest BCUT2D eigenvalue weighted by Crippen LogP contribution is 2.71. The van der Waals surface area contributed by atoms with Crippen LogP contribution in [0.2, 0.25) is 0 Å². The summed E-state index contributed by atoms with van der Waals surface area (Å²) in [7, 11) is 0. The third kappa shape index (κ3) is 1.87. The van der Waals surface area contributed by atoms with Gasteiger partial charge in [-0.25, -0.2) is 13.6 Å². The Morgan fingerprint density at radius 3 is 2.27 bits per heavy atom. The number of carbonyl (C=O) groups excluding carboxylic acids is 1. The molecule has 0 saturated heterocycles. The van der Waals surface area contributed by atoms with Crippen molar-refractivity contribution in [1.29, 1.82) is 0 Å². The molecule has 2 saturated carbocycles. The first kappa shape index (κ1) is 17.0. The highest BCUT2D eigenvalue weighted by atomic mass is 19.2. The number of amides is 1. The van der Waals surface area contributed by atoms with Crippen LogP contribution in [-0.2, 0) is 9.59 Å². The number of carboxylic acids is 1. The van der Waals surface area contributed by atoms with Crippen LogP contribution in [0.15, 0.2) is 0 Å². The molecular formula is C12H17F2NO7. The van der Waals surface area contributed by atoms with Gasteiger partial charge in [0.05, 0.1) is 24.7 Å². The summed E-state index contributed by atoms with van der Waals surface area (Å²) in [5, 5.41) is 49.2. The van der Waals surface area contributed by atoms with Crippen LogP contribution < -0.4 is 5.32 Å². The van der Waals surface area contributed by atoms with Crippen LogP contribution in [0.4, 0.5) is 8.78 Å². The molecule has 2 rings (SSSR count). The van der Waals surface area contributed by atoms with Crippen molar-refractivity contribution in [3.63, 3.8) is 0 Å². The number of alkyl halides is 2. The number of aliphatic hydroxyl groups is 4. The smallest absolute Gasteiger partial charge is 0.345 e. The van der Waals surface area contributed by atoms with Gasteiger partial charge in [-0.15, -0.1) is 0 Å². The molecular weight excluding hydrogens is 308 g/mol. The third-order valence-electron chi connectivity index (χ3n) is 4.58. The minimum atomic E-state index is -3.43. The summed E-state index contributed by atoms with van der Waals surface area (Å²) in [4.78, 5) is 22.1. The van der Waals surface area contributed by atoms with Gasteiger partial charge in [-0.1, -0.05) is 0 Å². The first-order chi connectivity index (χ1) is 10.0. The van der Waals surface area contributed by atoms with Gasteiger partial charge in [0.15, 0.2) is 5.67 Å². The van der Waals surface area contributed by atoms with Crippen molar-refractivity contribution in [1.82, 2.24) is 5.32 Å². The van der Waals surface area contributed by atoms with Crippen LogP contribution in [0.5, 0.6) is 0 Å². The second kappa shape index (κ2) is 5.08. The summed E-state index contributed by atoms with van der Waals surface area (Å²) in [6.07, 6.45) is -5.96. The van der Waals surface area contributed by atoms with E-state index in [4.69, 9.17) is 10.2 Å². The number of hydrogen-bond acceptors (Lipinski definition) is 6. The van der Waals surface area contributed by atoms with Crippen LogP contribution in [0, 0.1) is 11.8 Å². The van der Waals surface area contributed by atoms with Gasteiger partial charge in [-0.3, -0.25) is 4.79 Å². The molecule has 0 bridgehead atoms. The normalized spacial score (nSPS) is 45.8. The van der Waals surface area contributed by atoms with Crippen LogP contribution in [0.3, 0.4) is 0 Å². The summed E-state index contributed by atoms with van der Waals surface area (Å²) in [5.41, 5.74) is -6.62. The van der Waals surface area contributed by atoms with Crippen molar-refractivity contribution >= 4 is 11.9 Å². The fraction of sp³-hybridized carbons (Fsp3) is 0.833. The quantitative estimate of drug-likeness (QED) is 0.323. The zero-order valence-corrected chi connectivity index (χ0v) is 11.5. The van der Waals surface area contributed by atoms with E-state index in [-0.39, 0.29) is 0 Å². The number of nitrogens with one attached hydrogen (secondary N) is 1. The second-order valence-corrected chi connectivity index (χ2v) is 5.75. The molecule has 8 atom stereocenters. The van der Waals surface area contributed by atoms with E-state index in [0.29, 0.717) is 0 Å². The summed E-state index contributed by atoms with van der Waals surface area (Å²) in [6.45, 7) is 0.0896. The topological polar surface area (TPSA) is 147 Å². The maximum Gasteiger partial charge on any atom is 0.345 e. The minimum absolute atomic E-state index is 0.718. The number of aliphatic hydroxyl groups excluding tert-OH is 4. The molecule has 2 fully saturated rings. The van der Waals surface area contributed by atoms with Gasteiger partial charge in [0, 0.05) is 12.8 Å². The molecule has 126 valence electrons. The molecule has 4 unspecified atom stereocenters. The van der Waals surface area contributed by atoms with Crippen LogP contribution in [0.25, 0.3) is 0 Å². The molecule has 0 spiro atoms. The molecule has 2 aliphatic rings. The number of carbonyl (C=O) groups is 2. The second-order valence-electron chi connectivity index (χ2n) is 5.75. The van der Waals surface area contributed by atoms with Gasteiger partial charge in [-0.05, 0) is 0 Å². The summed E-state index contributed by atoms with van der Waals surface area (Å²) in [6, 6.07) is -1.49. The first-order valence-corrected chi connectivity index (χ1v) is 6.58. The standard InChI is InChI=1S/C12H17F2NO7/c1-3(17)15-6-5(7(19)4(18)2-16)8-11(13,9(6)20)12(8,14)10(21)22/h4-9,16,18-20H,2H2,1H3,(H,15,17)(H,21,22)/t4-,5?,6+,7-,8?,9?,11?,12-/m1/s1. The number of halogens is 2. The maximum atomic E-state index is 14.6. The van der Waals surface area contributed by atoms with Crippen molar-refractivity contribution in [2.45, 2.75) is 42.6 Å². The van der Waals surface area contributed by atoms with Gasteiger partial charge in [-0.2, -0.15) is 0 Å². The van der Waals surface area contributed by atoms with Crippen LogP contribution in [-0.4, -0.2) is 79.7 Å². The Bertz CT molecular complexity index is 506. The van der Waals surface area contributed by atoms with E-state index >= 15 is 0 Å². The molecule has 0 aromatic rings. The Morgan fingerprint density at radius 1 is 1.32 bits per heavy atom. The average Bonchev–Trinajstić information content (AvgIpc) is 2.85. The lowest BCUT2D eigenvalue weighted by atomic mass is 9.85. The number of hydrogen-bond donors (Lipinski definition) is 6. The summed E-state index contributed by atoms with van der Waals surface area (Å²) in [5.74, 6) is -6.44. The SMILES string of the molecule is CC(=O)N[C@H]1C([C@H](O)[C@H](O)CO)C2C(F)(C1O)[C@]2(F)C(=O)O. The fourth-order valence-electron chi connectivity index (χ4n) is 3.56. The van der Waals surface area contributed by atoms with E-state index in [2.05, 4.69) is 5.32 Å². The Morgan fingerprint density at radius 2 is 1.86 bits per heavy atom. The predicted molar refractivity (Wildman–Crippen MR) is 65.0 cm³/mol. The van der Waals surface area contributed by atoms with Crippen molar-refractivity contribution in [3.05, 3.63) is 0 Å². The van der Waals surface area contributed by atoms with Gasteiger partial charge >= 0.3 is 5.97 Å². The Hall–Kier alpha value is -1.36. The van der Waals surface area contributed by atoms with Gasteiger partial charge in [0.2, 0.25) is 11.6 Å². The van der Waals surface area contributed by atoms with Crippen molar-refractivity contribution in [2.75, 3.05) is 6.61 Å². The number of aliphatic carboxylic acids is 1. The lowest BCUT2D eigenvalue weighted by Crippen LogP contribution is -2.56. The predicted octanol–water partition coefficient (Wildman–Crippen LogP) is -2.67. The molecule has 0 radical (unpaired) electrons. The molecule has 1 amide bonds. The lowest BCUT2D eigenvalue weighted by Gasteiger charge is -2.33. The zero-order valence-electron chi connectivity index (χ0n) is 11.5. The largest absolute Gasteiger partial charge is 0.479 e. The highest BCUT2D eigenvalue weighted by molar-refractivity contribution is 5.87. The average molecular weight is 325 g/mol. The molecule has 10 heteroatoms. The monoisotopic (exact) mass is 325 g/mol.